The molecule has 2 aliphatic rings. The van der Waals surface area contributed by atoms with Gasteiger partial charge in [-0.3, -0.25) is 4.79 Å². The Kier molecular flexibility index (Phi) is 7.79. The van der Waals surface area contributed by atoms with Gasteiger partial charge in [0.05, 0.1) is 23.3 Å². The Labute approximate surface area is 239 Å². The maximum Gasteiger partial charge on any atom is 0.326 e. The number of hydrogen-bond donors (Lipinski definition) is 2. The van der Waals surface area contributed by atoms with Crippen LogP contribution < -0.4 is 5.32 Å². The third-order valence-corrected chi connectivity index (χ3v) is 9.02. The van der Waals surface area contributed by atoms with Crippen molar-refractivity contribution in [1.82, 2.24) is 9.88 Å². The van der Waals surface area contributed by atoms with Gasteiger partial charge in [-0.1, -0.05) is 82.0 Å². The molecule has 2 fully saturated rings. The number of pyridine rings is 1. The molecule has 0 bridgehead atoms. The molecule has 1 saturated carbocycles. The average Bonchev–Trinajstić information content (AvgIpc) is 3.28. The van der Waals surface area contributed by atoms with Gasteiger partial charge in [0.1, 0.15) is 11.9 Å². The lowest BCUT2D eigenvalue weighted by atomic mass is 9.72. The van der Waals surface area contributed by atoms with Crippen molar-refractivity contribution in [1.29, 1.82) is 0 Å². The summed E-state index contributed by atoms with van der Waals surface area (Å²) in [5.74, 6) is -2.16. The molecule has 0 spiro atoms. The van der Waals surface area contributed by atoms with Crippen molar-refractivity contribution >= 4 is 40.1 Å². The Morgan fingerprint density at radius 1 is 1.07 bits per heavy atom. The van der Waals surface area contributed by atoms with E-state index in [2.05, 4.69) is 10.3 Å². The molecule has 40 heavy (non-hydrogen) atoms. The number of hydrogen-bond acceptors (Lipinski definition) is 4. The second-order valence-corrected chi connectivity index (χ2v) is 12.7. The Hall–Kier alpha value is -3.19. The summed E-state index contributed by atoms with van der Waals surface area (Å²) in [7, 11) is 0. The highest BCUT2D eigenvalue weighted by Gasteiger charge is 2.58. The zero-order chi connectivity index (χ0) is 28.8. The van der Waals surface area contributed by atoms with Crippen LogP contribution in [0, 0.1) is 30.0 Å². The average molecular weight is 566 g/mol. The Balaban J connectivity index is 1.70. The highest BCUT2D eigenvalue weighted by atomic mass is 35.5. The molecule has 4 atom stereocenters. The molecule has 1 aromatic heterocycles. The summed E-state index contributed by atoms with van der Waals surface area (Å²) in [4.78, 5) is 33.5. The van der Waals surface area contributed by atoms with Crippen LogP contribution in [-0.2, 0) is 9.59 Å². The van der Waals surface area contributed by atoms with Crippen LogP contribution in [0.1, 0.15) is 70.0 Å². The van der Waals surface area contributed by atoms with Crippen LogP contribution in [0.15, 0.2) is 48.5 Å². The first-order valence-corrected chi connectivity index (χ1v) is 14.5. The maximum atomic E-state index is 14.3. The van der Waals surface area contributed by atoms with Crippen molar-refractivity contribution in [3.63, 3.8) is 0 Å². The summed E-state index contributed by atoms with van der Waals surface area (Å²) in [6.07, 6.45) is 4.57. The number of carbonyl (C=O) groups is 2. The second-order valence-electron chi connectivity index (χ2n) is 12.3. The number of likely N-dealkylation sites (tertiary alicyclic amines) is 1. The molecular weight excluding hydrogens is 529 g/mol. The zero-order valence-electron chi connectivity index (χ0n) is 23.5. The Morgan fingerprint density at radius 3 is 2.38 bits per heavy atom. The number of carbonyl (C=O) groups excluding carboxylic acids is 1. The minimum absolute atomic E-state index is 0.0963. The van der Waals surface area contributed by atoms with Crippen molar-refractivity contribution in [2.45, 2.75) is 77.9 Å². The van der Waals surface area contributed by atoms with Crippen LogP contribution in [0.3, 0.4) is 0 Å². The summed E-state index contributed by atoms with van der Waals surface area (Å²) in [5, 5.41) is 15.1. The number of amides is 1. The number of anilines is 1. The molecule has 212 valence electrons. The lowest BCUT2D eigenvalue weighted by molar-refractivity contribution is -0.154. The molecule has 1 aliphatic heterocycles. The normalized spacial score (nSPS) is 23.9. The van der Waals surface area contributed by atoms with E-state index in [4.69, 9.17) is 11.6 Å². The van der Waals surface area contributed by atoms with Gasteiger partial charge in [0.15, 0.2) is 5.15 Å². The molecule has 8 heteroatoms. The highest BCUT2D eigenvalue weighted by molar-refractivity contribution is 6.32. The largest absolute Gasteiger partial charge is 0.480 e. The topological polar surface area (TPSA) is 82.5 Å². The highest BCUT2D eigenvalue weighted by Crippen LogP contribution is 2.51. The zero-order valence-corrected chi connectivity index (χ0v) is 24.2. The molecule has 2 heterocycles. The molecule has 1 saturated heterocycles. The van der Waals surface area contributed by atoms with Crippen LogP contribution in [-0.4, -0.2) is 39.0 Å². The van der Waals surface area contributed by atoms with E-state index in [1.165, 1.54) is 12.1 Å². The van der Waals surface area contributed by atoms with E-state index in [-0.39, 0.29) is 22.8 Å². The minimum Gasteiger partial charge on any atom is -0.480 e. The number of rotatable bonds is 5. The van der Waals surface area contributed by atoms with Crippen LogP contribution in [0.2, 0.25) is 5.15 Å². The number of benzene rings is 2. The number of nitrogens with zero attached hydrogens (tertiary/aromatic N) is 2. The molecule has 0 radical (unpaired) electrons. The first-order valence-electron chi connectivity index (χ1n) is 14.1. The summed E-state index contributed by atoms with van der Waals surface area (Å²) >= 11 is 6.74. The minimum atomic E-state index is -1.04. The molecule has 2 aromatic carbocycles. The molecule has 2 N–H and O–H groups in total. The van der Waals surface area contributed by atoms with E-state index in [0.717, 1.165) is 43.2 Å². The molecule has 5 rings (SSSR count). The van der Waals surface area contributed by atoms with Gasteiger partial charge in [-0.05, 0) is 54.5 Å². The predicted octanol–water partition coefficient (Wildman–Crippen LogP) is 7.40. The lowest BCUT2D eigenvalue weighted by Gasteiger charge is -2.36. The van der Waals surface area contributed by atoms with Gasteiger partial charge in [-0.2, -0.15) is 0 Å². The Morgan fingerprint density at radius 2 is 1.75 bits per heavy atom. The van der Waals surface area contributed by atoms with E-state index < -0.39 is 35.4 Å². The molecule has 0 unspecified atom stereocenters. The molecule has 3 aromatic rings. The van der Waals surface area contributed by atoms with Gasteiger partial charge in [0.2, 0.25) is 5.91 Å². The quantitative estimate of drug-likeness (QED) is 0.315. The summed E-state index contributed by atoms with van der Waals surface area (Å²) < 4.78 is 14.2. The predicted molar refractivity (Wildman–Crippen MR) is 156 cm³/mol. The van der Waals surface area contributed by atoms with Gasteiger partial charge >= 0.3 is 5.97 Å². The van der Waals surface area contributed by atoms with E-state index in [9.17, 15) is 19.1 Å². The number of aliphatic carboxylic acids is 1. The van der Waals surface area contributed by atoms with Crippen molar-refractivity contribution in [2.75, 3.05) is 5.32 Å². The molecule has 6 nitrogen and oxygen atoms in total. The standard InChI is InChI=1S/C32H37ClFN3O3/c1-18-22-17-21(34)15-16-23(22)35-29(33)25(18)36-26-24(32(2,3)4)28(31(39)40)37(27(26)19-11-7-5-8-12-19)30(38)20-13-9-6-10-14-20/h5,7-8,11-12,15-17,20,24,26-28,36H,6,9-10,13-14H2,1-4H3,(H,39,40)/t24-,26-,27-,28-/m0/s1. The van der Waals surface area contributed by atoms with Gasteiger partial charge in [0.25, 0.3) is 0 Å². The molecule has 1 amide bonds. The third-order valence-electron chi connectivity index (χ3n) is 8.74. The summed E-state index contributed by atoms with van der Waals surface area (Å²) in [6.45, 7) is 7.90. The van der Waals surface area contributed by atoms with Crippen LogP contribution >= 0.6 is 11.6 Å². The monoisotopic (exact) mass is 565 g/mol. The van der Waals surface area contributed by atoms with E-state index in [1.807, 2.05) is 58.0 Å². The van der Waals surface area contributed by atoms with Crippen LogP contribution in [0.5, 0.6) is 0 Å². The van der Waals surface area contributed by atoms with Crippen molar-refractivity contribution in [2.24, 2.45) is 17.3 Å². The molecule has 1 aliphatic carbocycles. The van der Waals surface area contributed by atoms with E-state index in [1.54, 1.807) is 11.0 Å². The second kappa shape index (κ2) is 11.0. The van der Waals surface area contributed by atoms with Crippen LogP contribution in [0.25, 0.3) is 10.9 Å². The van der Waals surface area contributed by atoms with Gasteiger partial charge in [-0.15, -0.1) is 0 Å². The molecular formula is C32H37ClFN3O3. The smallest absolute Gasteiger partial charge is 0.326 e. The first-order chi connectivity index (χ1) is 19.0. The number of nitrogens with one attached hydrogen (secondary N) is 1. The number of aryl methyl sites for hydroxylation is 1. The number of halogens is 2. The number of carboxylic acids is 1. The van der Waals surface area contributed by atoms with Crippen molar-refractivity contribution < 1.29 is 19.1 Å². The number of carboxylic acid groups (broad SMARTS) is 1. The third kappa shape index (κ3) is 5.16. The van der Waals surface area contributed by atoms with Gasteiger partial charge in [-0.25, -0.2) is 14.2 Å². The summed E-state index contributed by atoms with van der Waals surface area (Å²) in [5.41, 5.74) is 2.18. The van der Waals surface area contributed by atoms with E-state index >= 15 is 0 Å². The van der Waals surface area contributed by atoms with E-state index in [0.29, 0.717) is 16.6 Å². The number of aromatic nitrogens is 1. The van der Waals surface area contributed by atoms with Gasteiger partial charge < -0.3 is 15.3 Å². The van der Waals surface area contributed by atoms with Crippen LogP contribution in [0.4, 0.5) is 10.1 Å². The SMILES string of the molecule is Cc1c(N[C@H]2[C@H](C(C)(C)C)[C@@H](C(=O)O)N(C(=O)C3CCCCC3)[C@H]2c2ccccc2)c(Cl)nc2ccc(F)cc12. The van der Waals surface area contributed by atoms with Gasteiger partial charge in [0, 0.05) is 17.2 Å². The fourth-order valence-corrected chi connectivity index (χ4v) is 7.20. The van der Waals surface area contributed by atoms with Crippen molar-refractivity contribution in [3.8, 4) is 0 Å². The summed E-state index contributed by atoms with van der Waals surface area (Å²) in [6, 6.07) is 11.9. The maximum absolute atomic E-state index is 14.3. The first kappa shape index (κ1) is 28.3. The lowest BCUT2D eigenvalue weighted by Crippen LogP contribution is -2.49. The number of fused-ring (bicyclic) bond motifs is 1. The van der Waals surface area contributed by atoms with Crippen molar-refractivity contribution in [3.05, 3.63) is 70.6 Å². The fraction of sp³-hybridized carbons (Fsp3) is 0.469. The fourth-order valence-electron chi connectivity index (χ4n) is 6.91. The Bertz CT molecular complexity index is 1420.